The summed E-state index contributed by atoms with van der Waals surface area (Å²) < 4.78 is 36.8. The molecule has 0 amide bonds. The Bertz CT molecular complexity index is 3950. The first-order valence-electron chi connectivity index (χ1n) is 25.8. The van der Waals surface area contributed by atoms with Crippen LogP contribution in [-0.4, -0.2) is 16.2 Å². The number of pyridine rings is 1. The van der Waals surface area contributed by atoms with Crippen LogP contribution in [0, 0.1) is 13.8 Å². The number of hydrogen-bond donors (Lipinski definition) is 0. The zero-order valence-corrected chi connectivity index (χ0v) is 40.5. The van der Waals surface area contributed by atoms with Crippen LogP contribution in [-0.2, 0) is 5.41 Å². The molecule has 0 atom stereocenters. The van der Waals surface area contributed by atoms with Crippen molar-refractivity contribution >= 4 is 44.6 Å². The van der Waals surface area contributed by atoms with Crippen LogP contribution >= 0.6 is 0 Å². The second-order valence-electron chi connectivity index (χ2n) is 19.6. The highest BCUT2D eigenvalue weighted by molar-refractivity contribution is 6.09. The molecule has 11 aromatic rings. The normalized spacial score (nSPS) is 13.1. The number of aryl methyl sites for hydroxylation is 2. The number of anilines is 4. The molecule has 71 heavy (non-hydrogen) atoms. The van der Waals surface area contributed by atoms with Gasteiger partial charge in [0.05, 0.1) is 32.2 Å². The summed E-state index contributed by atoms with van der Waals surface area (Å²) in [6.07, 6.45) is 1.95. The minimum Gasteiger partial charge on any atom is -0.457 e. The molecule has 0 bridgehead atoms. The highest BCUT2D eigenvalue weighted by Gasteiger charge is 2.32. The Labute approximate surface area is 420 Å². The van der Waals surface area contributed by atoms with Crippen LogP contribution < -0.4 is 14.5 Å². The van der Waals surface area contributed by atoms with Crippen molar-refractivity contribution in [1.29, 1.82) is 0 Å². The maximum atomic E-state index is 9.47. The van der Waals surface area contributed by atoms with Gasteiger partial charge in [-0.05, 0) is 113 Å². The Balaban J connectivity index is 0.953. The highest BCUT2D eigenvalue weighted by atomic mass is 16.5. The van der Waals surface area contributed by atoms with E-state index in [9.17, 15) is 4.11 Å². The first-order chi connectivity index (χ1) is 35.9. The number of rotatable bonds is 9. The summed E-state index contributed by atoms with van der Waals surface area (Å²) in [5.41, 5.74) is 17.6. The van der Waals surface area contributed by atoms with Crippen molar-refractivity contribution in [2.75, 3.05) is 16.5 Å². The average molecular weight is 922 g/mol. The number of para-hydroxylation sites is 4. The molecule has 0 unspecified atom stereocenters. The smallest absolute Gasteiger partial charge is 0.137 e. The van der Waals surface area contributed by atoms with E-state index in [2.05, 4.69) is 207 Å². The van der Waals surface area contributed by atoms with E-state index >= 15 is 0 Å². The van der Waals surface area contributed by atoms with Gasteiger partial charge in [0.25, 0.3) is 0 Å². The van der Waals surface area contributed by atoms with Crippen molar-refractivity contribution in [3.63, 3.8) is 0 Å². The minimum absolute atomic E-state index is 0.00387. The molecule has 3 heterocycles. The molecule has 0 aliphatic carbocycles. The monoisotopic (exact) mass is 921 g/mol. The molecule has 2 aromatic heterocycles. The van der Waals surface area contributed by atoms with E-state index in [1.807, 2.05) is 42.6 Å². The molecule has 0 spiro atoms. The molecule has 0 saturated heterocycles. The SMILES string of the molecule is [2H]c1c(Oc2ccc3c4ccccc4n(-c4cc(C)c(-c5ccc(C)cc5)cn4)c3c2)cc(N2CN(c3c(-c4ccc(C(C)(C)C)cc4)cccc3-c3cccc(-c4ccccc4)c3)c3ccccc32)c([2H])c1[2H]. The van der Waals surface area contributed by atoms with E-state index in [-0.39, 0.29) is 29.3 Å². The van der Waals surface area contributed by atoms with E-state index in [4.69, 9.17) is 9.72 Å². The van der Waals surface area contributed by atoms with E-state index in [0.717, 1.165) is 94.8 Å². The molecule has 1 aliphatic heterocycles. The van der Waals surface area contributed by atoms with Crippen molar-refractivity contribution in [2.45, 2.75) is 40.0 Å². The van der Waals surface area contributed by atoms with Crippen LogP contribution in [0.3, 0.4) is 0 Å². The fraction of sp³-hybridized carbons (Fsp3) is 0.106. The molecule has 0 radical (unpaired) electrons. The van der Waals surface area contributed by atoms with Gasteiger partial charge in [-0.25, -0.2) is 4.98 Å². The fourth-order valence-corrected chi connectivity index (χ4v) is 10.2. The first-order valence-corrected chi connectivity index (χ1v) is 24.3. The van der Waals surface area contributed by atoms with Crippen molar-refractivity contribution in [3.05, 3.63) is 241 Å². The zero-order valence-electron chi connectivity index (χ0n) is 43.5. The Hall–Kier alpha value is -8.67. The summed E-state index contributed by atoms with van der Waals surface area (Å²) in [4.78, 5) is 9.46. The van der Waals surface area contributed by atoms with Crippen LogP contribution in [0.25, 0.3) is 72.1 Å². The van der Waals surface area contributed by atoms with E-state index in [1.165, 1.54) is 11.1 Å². The van der Waals surface area contributed by atoms with E-state index in [0.29, 0.717) is 18.1 Å². The highest BCUT2D eigenvalue weighted by Crippen LogP contribution is 2.51. The summed E-state index contributed by atoms with van der Waals surface area (Å²) in [6.45, 7) is 11.3. The second kappa shape index (κ2) is 17.7. The molecule has 0 saturated carbocycles. The minimum atomic E-state index is -0.213. The molecule has 12 rings (SSSR count). The topological polar surface area (TPSA) is 33.5 Å². The van der Waals surface area contributed by atoms with E-state index in [1.54, 1.807) is 6.07 Å². The lowest BCUT2D eigenvalue weighted by Crippen LogP contribution is -2.25. The van der Waals surface area contributed by atoms with Gasteiger partial charge in [0, 0.05) is 51.5 Å². The van der Waals surface area contributed by atoms with Crippen molar-refractivity contribution in [2.24, 2.45) is 0 Å². The van der Waals surface area contributed by atoms with Gasteiger partial charge >= 0.3 is 0 Å². The van der Waals surface area contributed by atoms with Gasteiger partial charge in [-0.3, -0.25) is 4.57 Å². The lowest BCUT2D eigenvalue weighted by molar-refractivity contribution is 0.483. The first kappa shape index (κ1) is 40.2. The largest absolute Gasteiger partial charge is 0.457 e. The van der Waals surface area contributed by atoms with Gasteiger partial charge in [0.2, 0.25) is 0 Å². The van der Waals surface area contributed by atoms with Crippen LogP contribution in [0.1, 0.15) is 41.6 Å². The number of aromatic nitrogens is 2. The maximum Gasteiger partial charge on any atom is 0.137 e. The van der Waals surface area contributed by atoms with Gasteiger partial charge in [-0.1, -0.05) is 178 Å². The number of ether oxygens (including phenoxy) is 1. The van der Waals surface area contributed by atoms with Gasteiger partial charge in [-0.2, -0.15) is 0 Å². The molecule has 5 heteroatoms. The Kier molecular flexibility index (Phi) is 10.0. The predicted octanol–water partition coefficient (Wildman–Crippen LogP) is 17.8. The van der Waals surface area contributed by atoms with Crippen LogP contribution in [0.4, 0.5) is 22.7 Å². The molecule has 0 fully saturated rings. The molecule has 9 aromatic carbocycles. The third-order valence-corrected chi connectivity index (χ3v) is 13.9. The lowest BCUT2D eigenvalue weighted by Gasteiger charge is -2.28. The molecule has 1 aliphatic rings. The quantitative estimate of drug-likeness (QED) is 0.144. The maximum absolute atomic E-state index is 9.47. The standard InChI is InChI=1S/C66H54N4O/c1-44-28-30-48(31-29-44)59-42-67-64(38-45(59)2)70-60-25-10-9-22-57(60)58-37-36-54(41-63(58)70)71-53-21-14-20-52(40-53)68-43-69(62-27-12-11-26-61(62)68)65-55(47-32-34-51(35-33-47)66(3,4)5)23-15-24-56(65)50-19-13-18-49(39-50)46-16-7-6-8-17-46/h6-42H,43H2,1-5H3/i14D,20D,21D. The van der Waals surface area contributed by atoms with Gasteiger partial charge in [-0.15, -0.1) is 0 Å². The third-order valence-electron chi connectivity index (χ3n) is 13.9. The van der Waals surface area contributed by atoms with Crippen LogP contribution in [0.2, 0.25) is 0 Å². The average Bonchev–Trinajstić information content (AvgIpc) is 3.97. The van der Waals surface area contributed by atoms with Crippen LogP contribution in [0.5, 0.6) is 11.5 Å². The summed E-state index contributed by atoms with van der Waals surface area (Å²) in [5.74, 6) is 1.47. The molecule has 344 valence electrons. The van der Waals surface area contributed by atoms with Crippen molar-refractivity contribution in [1.82, 2.24) is 9.55 Å². The van der Waals surface area contributed by atoms with Gasteiger partial charge < -0.3 is 14.5 Å². The number of nitrogens with zero attached hydrogens (tertiary/aromatic N) is 4. The number of hydrogen-bond acceptors (Lipinski definition) is 4. The molecular formula is C66H54N4O. The molecular weight excluding hydrogens is 865 g/mol. The summed E-state index contributed by atoms with van der Waals surface area (Å²) in [7, 11) is 0. The Morgan fingerprint density at radius 1 is 0.507 bits per heavy atom. The summed E-state index contributed by atoms with van der Waals surface area (Å²) in [6, 6.07) is 69.2. The Morgan fingerprint density at radius 2 is 1.15 bits per heavy atom. The summed E-state index contributed by atoms with van der Waals surface area (Å²) >= 11 is 0. The fourth-order valence-electron chi connectivity index (χ4n) is 10.2. The van der Waals surface area contributed by atoms with Crippen LogP contribution in [0.15, 0.2) is 225 Å². The summed E-state index contributed by atoms with van der Waals surface area (Å²) in [5, 5.41) is 2.12. The third kappa shape index (κ3) is 8.09. The van der Waals surface area contributed by atoms with Gasteiger partial charge in [0.15, 0.2) is 0 Å². The van der Waals surface area contributed by atoms with E-state index < -0.39 is 0 Å². The molecule has 5 nitrogen and oxygen atoms in total. The number of fused-ring (bicyclic) bond motifs is 4. The molecule has 0 N–H and O–H groups in total. The predicted molar refractivity (Wildman–Crippen MR) is 297 cm³/mol. The zero-order chi connectivity index (χ0) is 50.8. The Morgan fingerprint density at radius 3 is 1.93 bits per heavy atom. The van der Waals surface area contributed by atoms with Gasteiger partial charge in [0.1, 0.15) is 24.0 Å². The van der Waals surface area contributed by atoms with Crippen molar-refractivity contribution in [3.8, 4) is 61.8 Å². The second-order valence-corrected chi connectivity index (χ2v) is 19.6. The van der Waals surface area contributed by atoms with Crippen molar-refractivity contribution < 1.29 is 8.85 Å². The number of benzene rings is 9. The lowest BCUT2D eigenvalue weighted by atomic mass is 9.85.